The first kappa shape index (κ1) is 24.6. The maximum Gasteiger partial charge on any atom is 0.407 e. The molecule has 4 rings (SSSR count). The molecule has 8 nitrogen and oxygen atoms in total. The second kappa shape index (κ2) is 10.8. The van der Waals surface area contributed by atoms with E-state index in [-0.39, 0.29) is 25.7 Å². The van der Waals surface area contributed by atoms with Crippen molar-refractivity contribution >= 4 is 18.0 Å². The summed E-state index contributed by atoms with van der Waals surface area (Å²) in [5.74, 6) is -2.69. The van der Waals surface area contributed by atoms with Gasteiger partial charge in [0.05, 0.1) is 0 Å². The number of nitrogens with one attached hydrogen (secondary N) is 2. The van der Waals surface area contributed by atoms with Crippen molar-refractivity contribution in [3.63, 3.8) is 0 Å². The molecule has 2 amide bonds. The minimum absolute atomic E-state index is 0.0252. The Balaban J connectivity index is 1.36. The van der Waals surface area contributed by atoms with E-state index in [9.17, 15) is 23.2 Å². The Morgan fingerprint density at radius 2 is 1.69 bits per heavy atom. The van der Waals surface area contributed by atoms with Gasteiger partial charge in [-0.3, -0.25) is 4.79 Å². The van der Waals surface area contributed by atoms with Crippen LogP contribution in [-0.4, -0.2) is 61.4 Å². The Labute approximate surface area is 200 Å². The number of amides is 2. The number of aliphatic carboxylic acids is 1. The van der Waals surface area contributed by atoms with Crippen molar-refractivity contribution in [1.29, 1.82) is 0 Å². The first-order chi connectivity index (χ1) is 16.8. The predicted molar refractivity (Wildman–Crippen MR) is 121 cm³/mol. The minimum atomic E-state index is -2.85. The fourth-order valence-corrected chi connectivity index (χ4v) is 4.66. The number of carboxylic acids is 1. The molecule has 0 bridgehead atoms. The summed E-state index contributed by atoms with van der Waals surface area (Å²) in [7, 11) is 0. The Kier molecular flexibility index (Phi) is 7.60. The van der Waals surface area contributed by atoms with E-state index in [0.717, 1.165) is 22.3 Å². The molecule has 2 aromatic carbocycles. The van der Waals surface area contributed by atoms with E-state index in [1.807, 2.05) is 48.5 Å². The lowest BCUT2D eigenvalue weighted by Crippen LogP contribution is -2.49. The zero-order chi connectivity index (χ0) is 24.9. The molecule has 1 aliphatic carbocycles. The van der Waals surface area contributed by atoms with Crippen LogP contribution < -0.4 is 10.6 Å². The number of carbonyl (C=O) groups is 3. The van der Waals surface area contributed by atoms with E-state index in [0.29, 0.717) is 6.42 Å². The molecule has 186 valence electrons. The van der Waals surface area contributed by atoms with Crippen LogP contribution in [0.15, 0.2) is 48.5 Å². The van der Waals surface area contributed by atoms with Gasteiger partial charge in [0.1, 0.15) is 12.6 Å². The summed E-state index contributed by atoms with van der Waals surface area (Å²) < 4.78 is 36.7. The Morgan fingerprint density at radius 3 is 2.29 bits per heavy atom. The molecule has 2 aliphatic rings. The normalized spacial score (nSPS) is 19.6. The number of carbonyl (C=O) groups excluding carboxylic acids is 2. The van der Waals surface area contributed by atoms with E-state index in [2.05, 4.69) is 10.6 Å². The fourth-order valence-electron chi connectivity index (χ4n) is 4.66. The quantitative estimate of drug-likeness (QED) is 0.500. The summed E-state index contributed by atoms with van der Waals surface area (Å²) >= 11 is 0. The van der Waals surface area contributed by atoms with Crippen LogP contribution in [0.2, 0.25) is 0 Å². The lowest BCUT2D eigenvalue weighted by atomic mass is 9.98. The van der Waals surface area contributed by atoms with Crippen molar-refractivity contribution < 1.29 is 37.7 Å². The number of fused-ring (bicyclic) bond motifs is 3. The number of halogens is 2. The highest BCUT2D eigenvalue weighted by molar-refractivity contribution is 5.86. The van der Waals surface area contributed by atoms with Gasteiger partial charge in [-0.25, -0.2) is 18.4 Å². The SMILES string of the molecule is O=C(NC(CC(F)F)C(=O)NCC1CCOC1C(=O)O)OCC1c2ccccc2-c2ccccc21. The van der Waals surface area contributed by atoms with Gasteiger partial charge >= 0.3 is 12.1 Å². The highest BCUT2D eigenvalue weighted by Crippen LogP contribution is 2.44. The number of alkyl halides is 2. The minimum Gasteiger partial charge on any atom is -0.479 e. The first-order valence-electron chi connectivity index (χ1n) is 11.4. The molecule has 1 saturated heterocycles. The molecule has 1 heterocycles. The van der Waals surface area contributed by atoms with Gasteiger partial charge < -0.3 is 25.2 Å². The lowest BCUT2D eigenvalue weighted by molar-refractivity contribution is -0.149. The van der Waals surface area contributed by atoms with Gasteiger partial charge in [-0.1, -0.05) is 48.5 Å². The Morgan fingerprint density at radius 1 is 1.06 bits per heavy atom. The van der Waals surface area contributed by atoms with Gasteiger partial charge in [-0.2, -0.15) is 0 Å². The lowest BCUT2D eigenvalue weighted by Gasteiger charge is -2.21. The van der Waals surface area contributed by atoms with Crippen molar-refractivity contribution in [2.24, 2.45) is 5.92 Å². The number of carboxylic acid groups (broad SMARTS) is 1. The molecule has 0 spiro atoms. The first-order valence-corrected chi connectivity index (χ1v) is 11.4. The van der Waals surface area contributed by atoms with Crippen LogP contribution in [0.5, 0.6) is 0 Å². The van der Waals surface area contributed by atoms with E-state index in [1.165, 1.54) is 0 Å². The monoisotopic (exact) mass is 488 g/mol. The molecule has 1 fully saturated rings. The van der Waals surface area contributed by atoms with Gasteiger partial charge in [0.15, 0.2) is 6.10 Å². The molecule has 35 heavy (non-hydrogen) atoms. The summed E-state index contributed by atoms with van der Waals surface area (Å²) in [6, 6.07) is 14.0. The molecule has 3 atom stereocenters. The highest BCUT2D eigenvalue weighted by Gasteiger charge is 2.35. The number of ether oxygens (including phenoxy) is 2. The van der Waals surface area contributed by atoms with Gasteiger partial charge in [0, 0.05) is 31.4 Å². The summed E-state index contributed by atoms with van der Waals surface area (Å²) in [6.07, 6.45) is -5.39. The summed E-state index contributed by atoms with van der Waals surface area (Å²) in [5.41, 5.74) is 4.08. The molecule has 1 aliphatic heterocycles. The maximum atomic E-state index is 13.1. The van der Waals surface area contributed by atoms with Crippen LogP contribution in [0.25, 0.3) is 11.1 Å². The molecule has 3 N–H and O–H groups in total. The van der Waals surface area contributed by atoms with Crippen molar-refractivity contribution in [2.45, 2.75) is 37.3 Å². The van der Waals surface area contributed by atoms with Crippen LogP contribution in [0.4, 0.5) is 13.6 Å². The number of hydrogen-bond donors (Lipinski definition) is 3. The number of benzene rings is 2. The van der Waals surface area contributed by atoms with Crippen LogP contribution in [-0.2, 0) is 19.1 Å². The largest absolute Gasteiger partial charge is 0.479 e. The van der Waals surface area contributed by atoms with Crippen molar-refractivity contribution in [3.05, 3.63) is 59.7 Å². The molecule has 2 aromatic rings. The third-order valence-electron chi connectivity index (χ3n) is 6.36. The zero-order valence-electron chi connectivity index (χ0n) is 18.8. The highest BCUT2D eigenvalue weighted by atomic mass is 19.3. The second-order valence-corrected chi connectivity index (χ2v) is 8.57. The number of rotatable bonds is 9. The average molecular weight is 488 g/mol. The van der Waals surface area contributed by atoms with E-state index in [1.54, 1.807) is 0 Å². The van der Waals surface area contributed by atoms with Gasteiger partial charge in [-0.05, 0) is 28.7 Å². The van der Waals surface area contributed by atoms with Crippen LogP contribution in [0, 0.1) is 5.92 Å². The third-order valence-corrected chi connectivity index (χ3v) is 6.36. The van der Waals surface area contributed by atoms with Crippen LogP contribution in [0.1, 0.15) is 29.9 Å². The summed E-state index contributed by atoms with van der Waals surface area (Å²) in [5, 5.41) is 13.8. The second-order valence-electron chi connectivity index (χ2n) is 8.57. The van der Waals surface area contributed by atoms with Gasteiger partial charge in [0.25, 0.3) is 0 Å². The third kappa shape index (κ3) is 5.59. The number of alkyl carbamates (subject to hydrolysis) is 1. The van der Waals surface area contributed by atoms with Crippen molar-refractivity contribution in [2.75, 3.05) is 19.8 Å². The fraction of sp³-hybridized carbons (Fsp3) is 0.400. The molecule has 0 saturated carbocycles. The zero-order valence-corrected chi connectivity index (χ0v) is 18.8. The smallest absolute Gasteiger partial charge is 0.407 e. The molecular weight excluding hydrogens is 462 g/mol. The predicted octanol–water partition coefficient (Wildman–Crippen LogP) is 3.15. The average Bonchev–Trinajstić information content (AvgIpc) is 3.43. The topological polar surface area (TPSA) is 114 Å². The van der Waals surface area contributed by atoms with Gasteiger partial charge in [0.2, 0.25) is 12.3 Å². The van der Waals surface area contributed by atoms with E-state index >= 15 is 0 Å². The maximum absolute atomic E-state index is 13.1. The number of hydrogen-bond acceptors (Lipinski definition) is 5. The van der Waals surface area contributed by atoms with E-state index < -0.39 is 48.9 Å². The van der Waals surface area contributed by atoms with E-state index in [4.69, 9.17) is 14.6 Å². The Hall–Kier alpha value is -3.53. The van der Waals surface area contributed by atoms with Crippen molar-refractivity contribution in [1.82, 2.24) is 10.6 Å². The van der Waals surface area contributed by atoms with Crippen LogP contribution in [0.3, 0.4) is 0 Å². The van der Waals surface area contributed by atoms with Gasteiger partial charge in [-0.15, -0.1) is 0 Å². The standard InChI is InChI=1S/C25H26F2N2O6/c26-21(27)11-20(23(30)28-12-14-9-10-34-22(14)24(31)32)29-25(33)35-13-19-17-7-3-1-5-15(17)16-6-2-4-8-18(16)19/h1-8,14,19-22H,9-13H2,(H,28,30)(H,29,33)(H,31,32). The molecule has 0 aromatic heterocycles. The molecule has 3 unspecified atom stereocenters. The summed E-state index contributed by atoms with van der Waals surface area (Å²) in [4.78, 5) is 36.2. The molecule has 0 radical (unpaired) electrons. The summed E-state index contributed by atoms with van der Waals surface area (Å²) in [6.45, 7) is 0.139. The van der Waals surface area contributed by atoms with Crippen LogP contribution >= 0.6 is 0 Å². The Bertz CT molecular complexity index is 1050. The molecular formula is C25H26F2N2O6. The van der Waals surface area contributed by atoms with Crippen molar-refractivity contribution in [3.8, 4) is 11.1 Å². The molecule has 10 heteroatoms.